The van der Waals surface area contributed by atoms with Gasteiger partial charge in [-0.05, 0) is 59.2 Å². The molecule has 31 heavy (non-hydrogen) atoms. The highest BCUT2D eigenvalue weighted by Gasteiger charge is 2.15. The van der Waals surface area contributed by atoms with Crippen molar-refractivity contribution in [2.75, 3.05) is 23.4 Å². The van der Waals surface area contributed by atoms with E-state index in [4.69, 9.17) is 15.3 Å². The molecule has 0 atom stereocenters. The first kappa shape index (κ1) is 30.0. The molecule has 0 saturated carbocycles. The predicted octanol–water partition coefficient (Wildman–Crippen LogP) is 5.37. The quantitative estimate of drug-likeness (QED) is 0.544. The molecule has 1 amide bonds. The third-order valence-corrected chi connectivity index (χ3v) is 2.98. The highest BCUT2D eigenvalue weighted by atomic mass is 16.6. The number of nitrogens with two attached hydrogens (primary N) is 1. The number of benzene rings is 1. The molecule has 1 aromatic carbocycles. The van der Waals surface area contributed by atoms with Crippen LogP contribution in [0.1, 0.15) is 59.2 Å². The molecule has 0 aliphatic heterocycles. The molecule has 0 aliphatic rings. The summed E-state index contributed by atoms with van der Waals surface area (Å²) in [6.45, 7) is 15.1. The molecule has 1 heterocycles. The molecule has 0 saturated heterocycles. The van der Waals surface area contributed by atoms with Crippen molar-refractivity contribution in [3.8, 4) is 0 Å². The van der Waals surface area contributed by atoms with Crippen LogP contribution in [0, 0.1) is 13.8 Å². The van der Waals surface area contributed by atoms with E-state index in [2.05, 4.69) is 34.4 Å². The Morgan fingerprint density at radius 3 is 2.13 bits per heavy atom. The van der Waals surface area contributed by atoms with Gasteiger partial charge in [0.1, 0.15) is 18.2 Å². The summed E-state index contributed by atoms with van der Waals surface area (Å²) in [5, 5.41) is 5.59. The van der Waals surface area contributed by atoms with Crippen LogP contribution in [0.15, 0.2) is 30.6 Å². The summed E-state index contributed by atoms with van der Waals surface area (Å²) >= 11 is 0. The Hall–Kier alpha value is -3.16. The standard InChI is InChI=1S/C12H17NO2.C6H10N4.C3H8.C2H4O/c1-9-6-5-7-10(8-9)13-11(14)15-12(2,3)4;1-4-5(8-2)6(7)10-3-9-4;1-3-2;1-2-3/h5-8H,1-4H3,(H,13,14);3,8H,1-2H3,(H2,7,9,10);3H2,1-2H3;2H,1H3. The molecule has 0 aliphatic carbocycles. The van der Waals surface area contributed by atoms with Crippen molar-refractivity contribution in [1.29, 1.82) is 0 Å². The zero-order valence-corrected chi connectivity index (χ0v) is 20.4. The number of ether oxygens (including phenoxy) is 1. The predicted molar refractivity (Wildman–Crippen MR) is 129 cm³/mol. The molecule has 8 heteroatoms. The van der Waals surface area contributed by atoms with E-state index in [9.17, 15) is 4.79 Å². The van der Waals surface area contributed by atoms with E-state index in [1.165, 1.54) is 19.7 Å². The van der Waals surface area contributed by atoms with Gasteiger partial charge in [0.2, 0.25) is 0 Å². The summed E-state index contributed by atoms with van der Waals surface area (Å²) in [7, 11) is 1.79. The minimum atomic E-state index is -0.464. The van der Waals surface area contributed by atoms with E-state index in [0.29, 0.717) is 5.82 Å². The summed E-state index contributed by atoms with van der Waals surface area (Å²) in [6, 6.07) is 7.59. The van der Waals surface area contributed by atoms with Crippen molar-refractivity contribution in [3.63, 3.8) is 0 Å². The van der Waals surface area contributed by atoms with Crippen molar-refractivity contribution in [3.05, 3.63) is 41.9 Å². The second kappa shape index (κ2) is 16.6. The Morgan fingerprint density at radius 2 is 1.74 bits per heavy atom. The number of aldehydes is 1. The lowest BCUT2D eigenvalue weighted by Gasteiger charge is -2.19. The zero-order chi connectivity index (χ0) is 24.4. The van der Waals surface area contributed by atoms with Crippen LogP contribution < -0.4 is 16.4 Å². The fourth-order valence-electron chi connectivity index (χ4n) is 1.95. The number of aromatic nitrogens is 2. The van der Waals surface area contributed by atoms with E-state index in [0.717, 1.165) is 28.9 Å². The smallest absolute Gasteiger partial charge is 0.412 e. The minimum Gasteiger partial charge on any atom is -0.444 e. The first-order valence-corrected chi connectivity index (χ1v) is 10.2. The van der Waals surface area contributed by atoms with E-state index in [-0.39, 0.29) is 0 Å². The van der Waals surface area contributed by atoms with Gasteiger partial charge in [0.05, 0.1) is 11.4 Å². The van der Waals surface area contributed by atoms with E-state index >= 15 is 0 Å². The molecule has 2 rings (SSSR count). The zero-order valence-electron chi connectivity index (χ0n) is 20.4. The third kappa shape index (κ3) is 16.3. The second-order valence-corrected chi connectivity index (χ2v) is 7.41. The first-order valence-electron chi connectivity index (χ1n) is 10.2. The van der Waals surface area contributed by atoms with Crippen LogP contribution in [0.5, 0.6) is 0 Å². The fourth-order valence-corrected chi connectivity index (χ4v) is 1.95. The molecular formula is C23H39N5O3. The maximum Gasteiger partial charge on any atom is 0.412 e. The van der Waals surface area contributed by atoms with E-state index < -0.39 is 11.7 Å². The van der Waals surface area contributed by atoms with Gasteiger partial charge in [0.15, 0.2) is 5.82 Å². The van der Waals surface area contributed by atoms with Crippen LogP contribution in [-0.2, 0) is 9.53 Å². The second-order valence-electron chi connectivity index (χ2n) is 7.41. The minimum absolute atomic E-state index is 0.423. The molecule has 0 spiro atoms. The number of anilines is 3. The molecule has 174 valence electrons. The summed E-state index contributed by atoms with van der Waals surface area (Å²) in [5.41, 5.74) is 8.59. The van der Waals surface area contributed by atoms with Gasteiger partial charge in [-0.1, -0.05) is 32.4 Å². The number of nitrogens with zero attached hydrogens (tertiary/aromatic N) is 2. The van der Waals surface area contributed by atoms with Gasteiger partial charge in [-0.3, -0.25) is 5.32 Å². The molecule has 1 aromatic heterocycles. The van der Waals surface area contributed by atoms with Crippen molar-refractivity contribution < 1.29 is 14.3 Å². The van der Waals surface area contributed by atoms with Gasteiger partial charge in [-0.25, -0.2) is 14.8 Å². The number of nitrogens with one attached hydrogen (secondary N) is 2. The topological polar surface area (TPSA) is 119 Å². The highest BCUT2D eigenvalue weighted by Crippen LogP contribution is 2.16. The summed E-state index contributed by atoms with van der Waals surface area (Å²) in [5.74, 6) is 0.495. The Labute approximate surface area is 187 Å². The average molecular weight is 434 g/mol. The Balaban J connectivity index is 0. The SMILES string of the molecule is CC=O.CCC.CNc1c(C)ncnc1N.Cc1cccc(NC(=O)OC(C)(C)C)c1. The molecule has 0 unspecified atom stereocenters. The lowest BCUT2D eigenvalue weighted by molar-refractivity contribution is -0.106. The average Bonchev–Trinajstić information content (AvgIpc) is 2.62. The number of nitrogen functional groups attached to an aromatic ring is 1. The van der Waals surface area contributed by atoms with Gasteiger partial charge in [-0.2, -0.15) is 0 Å². The third-order valence-electron chi connectivity index (χ3n) is 2.98. The summed E-state index contributed by atoms with van der Waals surface area (Å²) in [4.78, 5) is 28.0. The Kier molecular flexibility index (Phi) is 16.1. The van der Waals surface area contributed by atoms with Crippen molar-refractivity contribution in [2.24, 2.45) is 0 Å². The molecule has 0 fully saturated rings. The van der Waals surface area contributed by atoms with E-state index in [1.807, 2.05) is 58.9 Å². The number of carbonyl (C=O) groups excluding carboxylic acids is 2. The van der Waals surface area contributed by atoms with Gasteiger partial charge in [-0.15, -0.1) is 0 Å². The monoisotopic (exact) mass is 433 g/mol. The van der Waals surface area contributed by atoms with Crippen LogP contribution in [0.3, 0.4) is 0 Å². The number of hydrogen-bond donors (Lipinski definition) is 3. The maximum atomic E-state index is 11.4. The normalized spacial score (nSPS) is 9.32. The van der Waals surface area contributed by atoms with Crippen LogP contribution in [-0.4, -0.2) is 35.0 Å². The molecule has 0 radical (unpaired) electrons. The molecule has 0 bridgehead atoms. The Morgan fingerprint density at radius 1 is 1.19 bits per heavy atom. The van der Waals surface area contributed by atoms with Crippen LogP contribution in [0.4, 0.5) is 22.0 Å². The first-order chi connectivity index (χ1) is 14.4. The fraction of sp³-hybridized carbons (Fsp3) is 0.478. The van der Waals surface area contributed by atoms with Gasteiger partial charge >= 0.3 is 6.09 Å². The number of aryl methyl sites for hydroxylation is 2. The van der Waals surface area contributed by atoms with Gasteiger partial charge in [0.25, 0.3) is 0 Å². The van der Waals surface area contributed by atoms with Crippen LogP contribution in [0.2, 0.25) is 0 Å². The number of rotatable bonds is 2. The van der Waals surface area contributed by atoms with Crippen molar-refractivity contribution >= 4 is 29.6 Å². The number of hydrogen-bond acceptors (Lipinski definition) is 7. The van der Waals surface area contributed by atoms with Crippen LogP contribution >= 0.6 is 0 Å². The molecule has 2 aromatic rings. The molecular weight excluding hydrogens is 394 g/mol. The highest BCUT2D eigenvalue weighted by molar-refractivity contribution is 5.84. The van der Waals surface area contributed by atoms with Crippen LogP contribution in [0.25, 0.3) is 0 Å². The lowest BCUT2D eigenvalue weighted by atomic mass is 10.2. The van der Waals surface area contributed by atoms with Crippen molar-refractivity contribution in [2.45, 2.75) is 67.4 Å². The van der Waals surface area contributed by atoms with Gasteiger partial charge < -0.3 is 20.6 Å². The number of carbonyl (C=O) groups is 2. The number of amides is 1. The molecule has 8 nitrogen and oxygen atoms in total. The Bertz CT molecular complexity index is 754. The summed E-state index contributed by atoms with van der Waals surface area (Å²) < 4.78 is 5.13. The molecule has 4 N–H and O–H groups in total. The van der Waals surface area contributed by atoms with E-state index in [1.54, 1.807) is 7.05 Å². The summed E-state index contributed by atoms with van der Waals surface area (Å²) in [6.07, 6.45) is 3.03. The maximum absolute atomic E-state index is 11.4. The van der Waals surface area contributed by atoms with Crippen molar-refractivity contribution in [1.82, 2.24) is 9.97 Å². The largest absolute Gasteiger partial charge is 0.444 e. The van der Waals surface area contributed by atoms with Gasteiger partial charge in [0, 0.05) is 12.7 Å². The lowest BCUT2D eigenvalue weighted by Crippen LogP contribution is -2.27.